The summed E-state index contributed by atoms with van der Waals surface area (Å²) in [6, 6.07) is 9.53. The maximum atomic E-state index is 12.9. The zero-order chi connectivity index (χ0) is 21.3. The number of methoxy groups -OCH3 is 1. The summed E-state index contributed by atoms with van der Waals surface area (Å²) in [6.07, 6.45) is 0. The van der Waals surface area contributed by atoms with Crippen LogP contribution in [0.3, 0.4) is 0 Å². The topological polar surface area (TPSA) is 80.5 Å². The third-order valence-corrected chi connectivity index (χ3v) is 6.24. The zero-order valence-electron chi connectivity index (χ0n) is 17.4. The summed E-state index contributed by atoms with van der Waals surface area (Å²) >= 11 is 1.55. The number of rotatable bonds is 6. The number of hydrogen-bond acceptors (Lipinski definition) is 6. The monoisotopic (exact) mass is 424 g/mol. The molecule has 0 spiro atoms. The Bertz CT molecular complexity index is 1090. The highest BCUT2D eigenvalue weighted by Gasteiger charge is 2.35. The molecule has 1 aliphatic rings. The van der Waals surface area contributed by atoms with Crippen molar-refractivity contribution in [2.24, 2.45) is 0 Å². The summed E-state index contributed by atoms with van der Waals surface area (Å²) in [6.45, 7) is 6.90. The Morgan fingerprint density at radius 2 is 2.07 bits per heavy atom. The third-order valence-electron chi connectivity index (χ3n) is 5.38. The van der Waals surface area contributed by atoms with E-state index in [1.807, 2.05) is 30.5 Å². The number of hydrogen-bond donors (Lipinski definition) is 1. The third kappa shape index (κ3) is 3.76. The average molecular weight is 425 g/mol. The number of amides is 2. The van der Waals surface area contributed by atoms with Crippen LogP contribution in [-0.2, 0) is 4.74 Å². The van der Waals surface area contributed by atoms with Gasteiger partial charge < -0.3 is 14.6 Å². The quantitative estimate of drug-likeness (QED) is 0.627. The van der Waals surface area contributed by atoms with Crippen LogP contribution in [0.5, 0.6) is 0 Å². The summed E-state index contributed by atoms with van der Waals surface area (Å²) in [5.74, 6) is 0.945. The molecule has 0 saturated carbocycles. The molecule has 3 aromatic rings. The van der Waals surface area contributed by atoms with E-state index in [0.29, 0.717) is 24.9 Å². The first-order valence-corrected chi connectivity index (χ1v) is 10.6. The number of benzene rings is 1. The fraction of sp³-hybridized carbons (Fsp3) is 0.318. The maximum absolute atomic E-state index is 12.9. The SMILES string of the molecule is COCCN1C(=O)NC(c2ccc(C)c(C)c2)C(c2nc(-c3cccs3)no2)=C1C. The minimum absolute atomic E-state index is 0.172. The van der Waals surface area contributed by atoms with E-state index in [0.717, 1.165) is 27.3 Å². The molecule has 156 valence electrons. The predicted octanol–water partition coefficient (Wildman–Crippen LogP) is 4.56. The fourth-order valence-electron chi connectivity index (χ4n) is 3.54. The molecule has 0 saturated heterocycles. The second-order valence-electron chi connectivity index (χ2n) is 7.27. The average Bonchev–Trinajstić information content (AvgIpc) is 3.41. The molecule has 4 rings (SSSR count). The second-order valence-corrected chi connectivity index (χ2v) is 8.22. The van der Waals surface area contributed by atoms with Gasteiger partial charge in [-0.2, -0.15) is 4.98 Å². The molecule has 2 aromatic heterocycles. The number of urea groups is 1. The molecule has 0 aliphatic carbocycles. The van der Waals surface area contributed by atoms with Crippen molar-refractivity contribution in [2.75, 3.05) is 20.3 Å². The van der Waals surface area contributed by atoms with Gasteiger partial charge in [-0.3, -0.25) is 4.90 Å². The molecule has 0 bridgehead atoms. The Labute approximate surface area is 179 Å². The van der Waals surface area contributed by atoms with E-state index in [9.17, 15) is 4.79 Å². The highest BCUT2D eigenvalue weighted by Crippen LogP contribution is 2.38. The van der Waals surface area contributed by atoms with Crippen molar-refractivity contribution in [1.29, 1.82) is 0 Å². The van der Waals surface area contributed by atoms with Gasteiger partial charge >= 0.3 is 6.03 Å². The van der Waals surface area contributed by atoms with E-state index in [-0.39, 0.29) is 12.1 Å². The largest absolute Gasteiger partial charge is 0.383 e. The summed E-state index contributed by atoms with van der Waals surface area (Å²) in [5.41, 5.74) is 4.90. The first kappa shape index (κ1) is 20.3. The number of aryl methyl sites for hydroxylation is 2. The lowest BCUT2D eigenvalue weighted by Gasteiger charge is -2.35. The maximum Gasteiger partial charge on any atom is 0.322 e. The highest BCUT2D eigenvalue weighted by atomic mass is 32.1. The van der Waals surface area contributed by atoms with Gasteiger partial charge in [0.15, 0.2) is 0 Å². The minimum Gasteiger partial charge on any atom is -0.383 e. The van der Waals surface area contributed by atoms with Gasteiger partial charge in [-0.25, -0.2) is 4.79 Å². The van der Waals surface area contributed by atoms with E-state index in [2.05, 4.69) is 41.4 Å². The Morgan fingerprint density at radius 1 is 1.23 bits per heavy atom. The molecule has 2 amide bonds. The molecular weight excluding hydrogens is 400 g/mol. The molecule has 1 unspecified atom stereocenters. The van der Waals surface area contributed by atoms with Gasteiger partial charge in [0.05, 0.1) is 29.6 Å². The zero-order valence-corrected chi connectivity index (χ0v) is 18.2. The van der Waals surface area contributed by atoms with Gasteiger partial charge in [0.1, 0.15) is 0 Å². The van der Waals surface area contributed by atoms with E-state index < -0.39 is 0 Å². The molecular formula is C22H24N4O3S. The first-order valence-electron chi connectivity index (χ1n) is 9.72. The van der Waals surface area contributed by atoms with Crippen molar-refractivity contribution in [3.8, 4) is 10.7 Å². The van der Waals surface area contributed by atoms with Crippen LogP contribution in [0.2, 0.25) is 0 Å². The molecule has 3 heterocycles. The van der Waals surface area contributed by atoms with Crippen LogP contribution >= 0.6 is 11.3 Å². The summed E-state index contributed by atoms with van der Waals surface area (Å²) in [5, 5.41) is 9.25. The lowest BCUT2D eigenvalue weighted by molar-refractivity contribution is 0.158. The Morgan fingerprint density at radius 3 is 2.77 bits per heavy atom. The molecule has 8 heteroatoms. The van der Waals surface area contributed by atoms with Gasteiger partial charge in [0.2, 0.25) is 5.82 Å². The molecule has 7 nitrogen and oxygen atoms in total. The molecule has 0 radical (unpaired) electrons. The number of nitrogens with zero attached hydrogens (tertiary/aromatic N) is 3. The van der Waals surface area contributed by atoms with Crippen molar-refractivity contribution in [3.63, 3.8) is 0 Å². The number of allylic oxidation sites excluding steroid dienone is 1. The van der Waals surface area contributed by atoms with Crippen molar-refractivity contribution in [3.05, 3.63) is 64.0 Å². The summed E-state index contributed by atoms with van der Waals surface area (Å²) in [4.78, 5) is 20.1. The number of carbonyl (C=O) groups is 1. The van der Waals surface area contributed by atoms with Crippen LogP contribution in [0.4, 0.5) is 4.79 Å². The van der Waals surface area contributed by atoms with Crippen molar-refractivity contribution in [1.82, 2.24) is 20.4 Å². The van der Waals surface area contributed by atoms with E-state index in [4.69, 9.17) is 9.26 Å². The molecule has 30 heavy (non-hydrogen) atoms. The van der Waals surface area contributed by atoms with Crippen molar-refractivity contribution < 1.29 is 14.1 Å². The molecule has 1 aliphatic heterocycles. The van der Waals surface area contributed by atoms with Gasteiger partial charge in [0, 0.05) is 12.8 Å². The van der Waals surface area contributed by atoms with Crippen LogP contribution in [-0.4, -0.2) is 41.3 Å². The van der Waals surface area contributed by atoms with Gasteiger partial charge in [-0.1, -0.05) is 29.4 Å². The van der Waals surface area contributed by atoms with Crippen LogP contribution in [0.15, 0.2) is 45.9 Å². The standard InChI is InChI=1S/C22H24N4O3S/c1-13-7-8-16(12-14(13)2)19-18(15(3)26(9-10-28-4)22(27)23-19)21-24-20(25-29-21)17-6-5-11-30-17/h5-8,11-12,19H,9-10H2,1-4H3,(H,23,27). The molecule has 1 aromatic carbocycles. The number of ether oxygens (including phenoxy) is 1. The van der Waals surface area contributed by atoms with Gasteiger partial charge in [0.25, 0.3) is 5.89 Å². The molecule has 1 N–H and O–H groups in total. The van der Waals surface area contributed by atoms with Crippen LogP contribution in [0, 0.1) is 13.8 Å². The summed E-state index contributed by atoms with van der Waals surface area (Å²) in [7, 11) is 1.62. The van der Waals surface area contributed by atoms with Crippen LogP contribution < -0.4 is 5.32 Å². The van der Waals surface area contributed by atoms with Gasteiger partial charge in [-0.15, -0.1) is 11.3 Å². The van der Waals surface area contributed by atoms with Gasteiger partial charge in [-0.05, 0) is 48.9 Å². The Hall–Kier alpha value is -2.97. The molecule has 0 fully saturated rings. The second kappa shape index (κ2) is 8.41. The van der Waals surface area contributed by atoms with Crippen LogP contribution in [0.25, 0.3) is 16.3 Å². The number of aromatic nitrogens is 2. The van der Waals surface area contributed by atoms with Crippen molar-refractivity contribution >= 4 is 22.9 Å². The number of nitrogens with one attached hydrogen (secondary N) is 1. The lowest BCUT2D eigenvalue weighted by atomic mass is 9.92. The van der Waals surface area contributed by atoms with E-state index in [1.165, 1.54) is 5.56 Å². The number of carbonyl (C=O) groups excluding carboxylic acids is 1. The van der Waals surface area contributed by atoms with Crippen LogP contribution in [0.1, 0.15) is 35.5 Å². The Balaban J connectivity index is 1.81. The minimum atomic E-state index is -0.382. The fourth-order valence-corrected chi connectivity index (χ4v) is 4.19. The van der Waals surface area contributed by atoms with E-state index >= 15 is 0 Å². The lowest BCUT2D eigenvalue weighted by Crippen LogP contribution is -2.47. The highest BCUT2D eigenvalue weighted by molar-refractivity contribution is 7.13. The normalized spacial score (nSPS) is 16.9. The van der Waals surface area contributed by atoms with Crippen molar-refractivity contribution in [2.45, 2.75) is 26.8 Å². The molecule has 1 atom stereocenters. The summed E-state index contributed by atoms with van der Waals surface area (Å²) < 4.78 is 10.9. The predicted molar refractivity (Wildman–Crippen MR) is 116 cm³/mol. The van der Waals surface area contributed by atoms with E-state index in [1.54, 1.807) is 23.3 Å². The Kier molecular flexibility index (Phi) is 5.69. The number of thiophene rings is 1. The smallest absolute Gasteiger partial charge is 0.322 e. The first-order chi connectivity index (χ1) is 14.5.